The SMILES string of the molecule is Cn1cc(-c2ncc(C=O)s2)cn1.O=Cc1cnc(-c2cn[nH]c2)s1. The van der Waals surface area contributed by atoms with Crippen LogP contribution in [0, 0.1) is 0 Å². The predicted octanol–water partition coefficient (Wildman–Crippen LogP) is 2.70. The number of H-pyrrole nitrogens is 1. The molecule has 8 nitrogen and oxygen atoms in total. The number of thiazole rings is 2. The molecule has 4 aromatic heterocycles. The van der Waals surface area contributed by atoms with Gasteiger partial charge in [0.2, 0.25) is 0 Å². The molecule has 0 amide bonds. The third kappa shape index (κ3) is 4.11. The minimum Gasteiger partial charge on any atom is -0.297 e. The normalized spacial score (nSPS) is 10.1. The quantitative estimate of drug-likeness (QED) is 0.552. The Labute approximate surface area is 150 Å². The van der Waals surface area contributed by atoms with Crippen molar-refractivity contribution in [1.82, 2.24) is 29.9 Å². The van der Waals surface area contributed by atoms with E-state index in [1.54, 1.807) is 35.7 Å². The van der Waals surface area contributed by atoms with Crippen LogP contribution in [0.4, 0.5) is 0 Å². The van der Waals surface area contributed by atoms with Crippen molar-refractivity contribution in [2.45, 2.75) is 0 Å². The fourth-order valence-corrected chi connectivity index (χ4v) is 3.27. The van der Waals surface area contributed by atoms with Crippen LogP contribution in [0.25, 0.3) is 21.1 Å². The van der Waals surface area contributed by atoms with Crippen molar-refractivity contribution in [2.75, 3.05) is 0 Å². The second-order valence-corrected chi connectivity index (χ2v) is 6.89. The van der Waals surface area contributed by atoms with Crippen molar-refractivity contribution in [2.24, 2.45) is 7.05 Å². The maximum atomic E-state index is 10.4. The Morgan fingerprint density at radius 2 is 1.60 bits per heavy atom. The highest BCUT2D eigenvalue weighted by molar-refractivity contribution is 7.16. The summed E-state index contributed by atoms with van der Waals surface area (Å²) in [6.45, 7) is 0. The monoisotopic (exact) mass is 372 g/mol. The lowest BCUT2D eigenvalue weighted by Gasteiger charge is -1.85. The van der Waals surface area contributed by atoms with E-state index in [1.165, 1.54) is 22.7 Å². The minimum absolute atomic E-state index is 0.631. The highest BCUT2D eigenvalue weighted by Gasteiger charge is 2.05. The zero-order valence-electron chi connectivity index (χ0n) is 13.0. The van der Waals surface area contributed by atoms with Crippen molar-refractivity contribution in [3.63, 3.8) is 0 Å². The zero-order valence-corrected chi connectivity index (χ0v) is 14.6. The minimum atomic E-state index is 0.631. The molecule has 0 atom stereocenters. The Hall–Kier alpha value is -2.98. The van der Waals surface area contributed by atoms with Gasteiger partial charge in [-0.15, -0.1) is 22.7 Å². The van der Waals surface area contributed by atoms with Crippen LogP contribution in [0.15, 0.2) is 37.2 Å². The second-order valence-electron chi connectivity index (χ2n) is 4.76. The van der Waals surface area contributed by atoms with Gasteiger partial charge in [0.1, 0.15) is 10.0 Å². The van der Waals surface area contributed by atoms with Crippen molar-refractivity contribution in [3.8, 4) is 21.1 Å². The summed E-state index contributed by atoms with van der Waals surface area (Å²) in [5.74, 6) is 0. The molecule has 0 spiro atoms. The molecule has 0 saturated carbocycles. The number of aromatic amines is 1. The highest BCUT2D eigenvalue weighted by Crippen LogP contribution is 2.23. The fraction of sp³-hybridized carbons (Fsp3) is 0.0667. The van der Waals surface area contributed by atoms with Gasteiger partial charge in [-0.25, -0.2) is 9.97 Å². The lowest BCUT2D eigenvalue weighted by atomic mass is 10.4. The van der Waals surface area contributed by atoms with E-state index < -0.39 is 0 Å². The average molecular weight is 372 g/mol. The van der Waals surface area contributed by atoms with Crippen LogP contribution in [0.3, 0.4) is 0 Å². The maximum Gasteiger partial charge on any atom is 0.161 e. The van der Waals surface area contributed by atoms with Gasteiger partial charge in [-0.2, -0.15) is 10.2 Å². The largest absolute Gasteiger partial charge is 0.297 e. The number of nitrogens with zero attached hydrogens (tertiary/aromatic N) is 5. The number of aromatic nitrogens is 6. The third-order valence-electron chi connectivity index (χ3n) is 2.98. The van der Waals surface area contributed by atoms with Gasteiger partial charge < -0.3 is 0 Å². The average Bonchev–Trinajstić information content (AvgIpc) is 3.40. The van der Waals surface area contributed by atoms with Gasteiger partial charge in [0, 0.05) is 43.0 Å². The summed E-state index contributed by atoms with van der Waals surface area (Å²) in [5.41, 5.74) is 1.86. The van der Waals surface area contributed by atoms with Gasteiger partial charge in [0.25, 0.3) is 0 Å². The molecule has 1 N–H and O–H groups in total. The molecular formula is C15H12N6O2S2. The second kappa shape index (κ2) is 7.73. The van der Waals surface area contributed by atoms with Crippen LogP contribution >= 0.6 is 22.7 Å². The van der Waals surface area contributed by atoms with Crippen LogP contribution in [-0.4, -0.2) is 42.5 Å². The highest BCUT2D eigenvalue weighted by atomic mass is 32.1. The standard InChI is InChI=1S/C8H7N3OS.C7H5N3OS/c1-11-4-6(2-10-11)8-9-3-7(5-12)13-8;11-4-6-3-8-7(12-6)5-1-9-10-2-5/h2-5H,1H3;1-4H,(H,9,10). The molecular weight excluding hydrogens is 360 g/mol. The van der Waals surface area contributed by atoms with E-state index in [1.807, 2.05) is 13.2 Å². The van der Waals surface area contributed by atoms with Crippen LogP contribution in [-0.2, 0) is 7.05 Å². The van der Waals surface area contributed by atoms with Gasteiger partial charge >= 0.3 is 0 Å². The van der Waals surface area contributed by atoms with E-state index in [0.29, 0.717) is 9.75 Å². The number of aryl methyl sites for hydroxylation is 1. The molecule has 0 aliphatic rings. The number of nitrogens with one attached hydrogen (secondary N) is 1. The molecule has 0 fully saturated rings. The first-order valence-corrected chi connectivity index (χ1v) is 8.63. The first-order valence-electron chi connectivity index (χ1n) is 7.00. The summed E-state index contributed by atoms with van der Waals surface area (Å²) in [6.07, 6.45) is 11.7. The Kier molecular flexibility index (Phi) is 5.21. The Morgan fingerprint density at radius 1 is 0.960 bits per heavy atom. The van der Waals surface area contributed by atoms with Crippen molar-refractivity contribution < 1.29 is 9.59 Å². The molecule has 126 valence electrons. The van der Waals surface area contributed by atoms with E-state index in [4.69, 9.17) is 0 Å². The zero-order chi connectivity index (χ0) is 17.6. The molecule has 0 radical (unpaired) electrons. The molecule has 0 saturated heterocycles. The van der Waals surface area contributed by atoms with E-state index in [-0.39, 0.29) is 0 Å². The van der Waals surface area contributed by atoms with Crippen LogP contribution in [0.2, 0.25) is 0 Å². The topological polar surface area (TPSA) is 106 Å². The smallest absolute Gasteiger partial charge is 0.161 e. The lowest BCUT2D eigenvalue weighted by Crippen LogP contribution is -1.83. The molecule has 0 aliphatic carbocycles. The predicted molar refractivity (Wildman–Crippen MR) is 94.8 cm³/mol. The molecule has 0 unspecified atom stereocenters. The summed E-state index contributed by atoms with van der Waals surface area (Å²) in [4.78, 5) is 30.2. The van der Waals surface area contributed by atoms with Crippen LogP contribution < -0.4 is 0 Å². The number of carbonyl (C=O) groups excluding carboxylic acids is 2. The lowest BCUT2D eigenvalue weighted by molar-refractivity contribution is 0.111. The van der Waals surface area contributed by atoms with Gasteiger partial charge in [0.05, 0.1) is 22.1 Å². The molecule has 10 heteroatoms. The van der Waals surface area contributed by atoms with Crippen LogP contribution in [0.1, 0.15) is 19.3 Å². The van der Waals surface area contributed by atoms with Gasteiger partial charge in [-0.05, 0) is 0 Å². The number of aldehydes is 2. The summed E-state index contributed by atoms with van der Waals surface area (Å²) < 4.78 is 1.71. The summed E-state index contributed by atoms with van der Waals surface area (Å²) >= 11 is 2.72. The van der Waals surface area contributed by atoms with Crippen LogP contribution in [0.5, 0.6) is 0 Å². The summed E-state index contributed by atoms with van der Waals surface area (Å²) in [7, 11) is 1.84. The van der Waals surface area contributed by atoms with E-state index in [9.17, 15) is 9.59 Å². The molecule has 25 heavy (non-hydrogen) atoms. The van der Waals surface area contributed by atoms with Gasteiger partial charge in [-0.3, -0.25) is 19.4 Å². The van der Waals surface area contributed by atoms with Gasteiger partial charge in [-0.1, -0.05) is 0 Å². The summed E-state index contributed by atoms with van der Waals surface area (Å²) in [6, 6.07) is 0. The first-order chi connectivity index (χ1) is 12.2. The Balaban J connectivity index is 0.000000146. The maximum absolute atomic E-state index is 10.4. The number of hydrogen-bond donors (Lipinski definition) is 1. The number of hydrogen-bond acceptors (Lipinski definition) is 8. The fourth-order valence-electron chi connectivity index (χ4n) is 1.85. The Morgan fingerprint density at radius 3 is 2.04 bits per heavy atom. The van der Waals surface area contributed by atoms with Crippen molar-refractivity contribution >= 4 is 35.2 Å². The number of rotatable bonds is 4. The van der Waals surface area contributed by atoms with E-state index in [2.05, 4.69) is 25.3 Å². The summed E-state index contributed by atoms with van der Waals surface area (Å²) in [5, 5.41) is 12.1. The van der Waals surface area contributed by atoms with Gasteiger partial charge in [0.15, 0.2) is 12.6 Å². The van der Waals surface area contributed by atoms with E-state index >= 15 is 0 Å². The molecule has 4 heterocycles. The first kappa shape index (κ1) is 16.9. The molecule has 0 bridgehead atoms. The molecule has 4 aromatic rings. The van der Waals surface area contributed by atoms with Crippen molar-refractivity contribution in [1.29, 1.82) is 0 Å². The molecule has 0 aliphatic heterocycles. The van der Waals surface area contributed by atoms with Crippen molar-refractivity contribution in [3.05, 3.63) is 46.9 Å². The molecule has 0 aromatic carbocycles. The number of carbonyl (C=O) groups is 2. The van der Waals surface area contributed by atoms with E-state index in [0.717, 1.165) is 33.7 Å². The third-order valence-corrected chi connectivity index (χ3v) is 4.92. The Bertz CT molecular complexity index is 970. The molecule has 4 rings (SSSR count).